The number of halogens is 1. The van der Waals surface area contributed by atoms with Gasteiger partial charge in [0, 0.05) is 24.7 Å². The normalized spacial score (nSPS) is 10.0. The van der Waals surface area contributed by atoms with Gasteiger partial charge in [0.05, 0.1) is 11.5 Å². The molecular formula is C13H16ClN3O4. The lowest BCUT2D eigenvalue weighted by molar-refractivity contribution is -0.384. The lowest BCUT2D eigenvalue weighted by Gasteiger charge is -2.18. The molecule has 7 nitrogen and oxygen atoms in total. The number of likely N-dealkylation sites (N-methyl/N-ethyl adjacent to an activating group) is 1. The van der Waals surface area contributed by atoms with E-state index in [1.54, 1.807) is 4.90 Å². The Hall–Kier alpha value is -2.15. The van der Waals surface area contributed by atoms with Gasteiger partial charge in [-0.1, -0.05) is 11.6 Å². The molecule has 0 aromatic heterocycles. The molecular weight excluding hydrogens is 298 g/mol. The van der Waals surface area contributed by atoms with E-state index >= 15 is 0 Å². The van der Waals surface area contributed by atoms with Crippen LogP contribution in [0.3, 0.4) is 0 Å². The smallest absolute Gasteiger partial charge is 0.288 e. The topological polar surface area (TPSA) is 92.6 Å². The number of benzene rings is 1. The zero-order valence-corrected chi connectivity index (χ0v) is 12.5. The quantitative estimate of drug-likeness (QED) is 0.640. The molecule has 1 N–H and O–H groups in total. The van der Waals surface area contributed by atoms with Crippen LogP contribution in [-0.2, 0) is 4.79 Å². The molecule has 0 heterocycles. The third-order valence-electron chi connectivity index (χ3n) is 2.92. The van der Waals surface area contributed by atoms with Gasteiger partial charge in [-0.25, -0.2) is 0 Å². The molecule has 1 rings (SSSR count). The summed E-state index contributed by atoms with van der Waals surface area (Å²) in [5.74, 6) is -0.771. The van der Waals surface area contributed by atoms with Crippen LogP contribution in [0.1, 0.15) is 24.2 Å². The van der Waals surface area contributed by atoms with Crippen LogP contribution in [0.2, 0.25) is 5.02 Å². The maximum atomic E-state index is 11.9. The van der Waals surface area contributed by atoms with Crippen molar-refractivity contribution in [2.75, 3.05) is 19.6 Å². The molecule has 0 spiro atoms. The van der Waals surface area contributed by atoms with E-state index in [9.17, 15) is 19.7 Å². The molecule has 21 heavy (non-hydrogen) atoms. The van der Waals surface area contributed by atoms with Crippen LogP contribution < -0.4 is 5.32 Å². The van der Waals surface area contributed by atoms with Gasteiger partial charge in [0.15, 0.2) is 0 Å². The van der Waals surface area contributed by atoms with Crippen LogP contribution in [0.25, 0.3) is 0 Å². The fourth-order valence-electron chi connectivity index (χ4n) is 1.74. The van der Waals surface area contributed by atoms with Crippen LogP contribution >= 0.6 is 11.6 Å². The first-order valence-electron chi connectivity index (χ1n) is 6.40. The number of nitro benzene ring substituents is 1. The van der Waals surface area contributed by atoms with E-state index in [4.69, 9.17) is 11.6 Å². The fourth-order valence-corrected chi connectivity index (χ4v) is 1.93. The highest BCUT2D eigenvalue weighted by Gasteiger charge is 2.17. The lowest BCUT2D eigenvalue weighted by atomic mass is 10.2. The van der Waals surface area contributed by atoms with E-state index in [0.29, 0.717) is 13.1 Å². The maximum Gasteiger partial charge on any atom is 0.288 e. The Balaban J connectivity index is 2.75. The average Bonchev–Trinajstić information content (AvgIpc) is 2.46. The minimum Gasteiger partial charge on any atom is -0.343 e. The molecule has 0 atom stereocenters. The van der Waals surface area contributed by atoms with E-state index in [0.717, 1.165) is 6.07 Å². The summed E-state index contributed by atoms with van der Waals surface area (Å²) >= 11 is 5.67. The summed E-state index contributed by atoms with van der Waals surface area (Å²) in [5.41, 5.74) is -0.266. The maximum absolute atomic E-state index is 11.9. The molecule has 0 aliphatic rings. The highest BCUT2D eigenvalue weighted by atomic mass is 35.5. The van der Waals surface area contributed by atoms with Gasteiger partial charge >= 0.3 is 0 Å². The second-order valence-corrected chi connectivity index (χ2v) is 4.58. The molecule has 8 heteroatoms. The molecule has 1 aromatic carbocycles. The Labute approximate surface area is 127 Å². The second kappa shape index (κ2) is 7.58. The van der Waals surface area contributed by atoms with Crippen LogP contribution in [0.5, 0.6) is 0 Å². The monoisotopic (exact) mass is 313 g/mol. The summed E-state index contributed by atoms with van der Waals surface area (Å²) in [4.78, 5) is 35.3. The summed E-state index contributed by atoms with van der Waals surface area (Å²) in [6.07, 6.45) is 0. The Morgan fingerprint density at radius 1 is 1.33 bits per heavy atom. The largest absolute Gasteiger partial charge is 0.343 e. The zero-order chi connectivity index (χ0) is 16.0. The molecule has 0 bridgehead atoms. The number of carbonyl (C=O) groups is 2. The van der Waals surface area contributed by atoms with Gasteiger partial charge in [0.25, 0.3) is 11.6 Å². The number of carbonyl (C=O) groups excluding carboxylic acids is 2. The minimum atomic E-state index is -0.667. The van der Waals surface area contributed by atoms with E-state index in [1.807, 2.05) is 13.8 Å². The van der Waals surface area contributed by atoms with E-state index in [2.05, 4.69) is 5.32 Å². The van der Waals surface area contributed by atoms with Gasteiger partial charge in [-0.3, -0.25) is 19.7 Å². The van der Waals surface area contributed by atoms with Gasteiger partial charge in [-0.05, 0) is 26.0 Å². The van der Waals surface area contributed by atoms with Crippen molar-refractivity contribution in [3.63, 3.8) is 0 Å². The first kappa shape index (κ1) is 16.9. The molecule has 0 fully saturated rings. The van der Waals surface area contributed by atoms with Crippen LogP contribution in [0.4, 0.5) is 5.69 Å². The molecule has 0 aliphatic heterocycles. The molecule has 0 radical (unpaired) electrons. The number of rotatable bonds is 6. The lowest BCUT2D eigenvalue weighted by Crippen LogP contribution is -2.40. The van der Waals surface area contributed by atoms with Crippen molar-refractivity contribution in [1.29, 1.82) is 0 Å². The number of hydrogen-bond donors (Lipinski definition) is 1. The number of nitrogens with zero attached hydrogens (tertiary/aromatic N) is 2. The number of amides is 2. The van der Waals surface area contributed by atoms with Crippen molar-refractivity contribution in [1.82, 2.24) is 10.2 Å². The molecule has 0 aliphatic carbocycles. The predicted octanol–water partition coefficient (Wildman–Crippen LogP) is 1.85. The summed E-state index contributed by atoms with van der Waals surface area (Å²) in [5, 5.41) is 13.2. The number of hydrogen-bond acceptors (Lipinski definition) is 4. The van der Waals surface area contributed by atoms with E-state index in [1.165, 1.54) is 12.1 Å². The standard InChI is InChI=1S/C13H16ClN3O4/c1-3-16(4-2)12(18)8-15-13(19)9-5-6-10(14)11(7-9)17(20)21/h5-7H,3-4,8H2,1-2H3,(H,15,19). The Morgan fingerprint density at radius 3 is 2.48 bits per heavy atom. The van der Waals surface area contributed by atoms with Crippen molar-refractivity contribution in [3.05, 3.63) is 38.9 Å². The first-order valence-corrected chi connectivity index (χ1v) is 6.78. The highest BCUT2D eigenvalue weighted by molar-refractivity contribution is 6.32. The zero-order valence-electron chi connectivity index (χ0n) is 11.8. The van der Waals surface area contributed by atoms with Crippen molar-refractivity contribution in [2.45, 2.75) is 13.8 Å². The van der Waals surface area contributed by atoms with Gasteiger partial charge < -0.3 is 10.2 Å². The van der Waals surface area contributed by atoms with Crippen LogP contribution in [0.15, 0.2) is 18.2 Å². The highest BCUT2D eigenvalue weighted by Crippen LogP contribution is 2.24. The first-order chi connectivity index (χ1) is 9.90. The molecule has 1 aromatic rings. The van der Waals surface area contributed by atoms with Gasteiger partial charge in [0.1, 0.15) is 5.02 Å². The minimum absolute atomic E-state index is 0.0456. The van der Waals surface area contributed by atoms with Crippen LogP contribution in [-0.4, -0.2) is 41.3 Å². The Kier molecular flexibility index (Phi) is 6.10. The summed E-state index contributed by atoms with van der Waals surface area (Å²) < 4.78 is 0. The van der Waals surface area contributed by atoms with Crippen molar-refractivity contribution in [2.24, 2.45) is 0 Å². The molecule has 0 unspecified atom stereocenters. The van der Waals surface area contributed by atoms with Gasteiger partial charge in [-0.2, -0.15) is 0 Å². The van der Waals surface area contributed by atoms with Gasteiger partial charge in [0.2, 0.25) is 5.91 Å². The average molecular weight is 314 g/mol. The van der Waals surface area contributed by atoms with Gasteiger partial charge in [-0.15, -0.1) is 0 Å². The van der Waals surface area contributed by atoms with E-state index < -0.39 is 10.8 Å². The summed E-state index contributed by atoms with van der Waals surface area (Å²) in [6, 6.07) is 3.73. The summed E-state index contributed by atoms with van der Waals surface area (Å²) in [6.45, 7) is 4.63. The molecule has 114 valence electrons. The number of nitrogens with one attached hydrogen (secondary N) is 1. The molecule has 2 amide bonds. The summed E-state index contributed by atoms with van der Waals surface area (Å²) in [7, 11) is 0. The van der Waals surface area contributed by atoms with Crippen molar-refractivity contribution in [3.8, 4) is 0 Å². The van der Waals surface area contributed by atoms with Crippen molar-refractivity contribution < 1.29 is 14.5 Å². The SMILES string of the molecule is CCN(CC)C(=O)CNC(=O)c1ccc(Cl)c([N+](=O)[O-])c1. The predicted molar refractivity (Wildman–Crippen MR) is 78.4 cm³/mol. The molecule has 0 saturated carbocycles. The third-order valence-corrected chi connectivity index (χ3v) is 3.24. The fraction of sp³-hybridized carbons (Fsp3) is 0.385. The number of nitro groups is 1. The second-order valence-electron chi connectivity index (χ2n) is 4.17. The van der Waals surface area contributed by atoms with E-state index in [-0.39, 0.29) is 28.7 Å². The third kappa shape index (κ3) is 4.42. The van der Waals surface area contributed by atoms with Crippen molar-refractivity contribution >= 4 is 29.1 Å². The Morgan fingerprint density at radius 2 is 1.95 bits per heavy atom. The molecule has 0 saturated heterocycles. The Bertz CT molecular complexity index is 558. The van der Waals surface area contributed by atoms with Crippen LogP contribution in [0, 0.1) is 10.1 Å².